The van der Waals surface area contributed by atoms with Gasteiger partial charge in [0.05, 0.1) is 12.2 Å². The lowest BCUT2D eigenvalue weighted by atomic mass is 9.96. The highest BCUT2D eigenvalue weighted by Crippen LogP contribution is 2.32. The number of anilines is 1. The highest BCUT2D eigenvalue weighted by atomic mass is 16.5. The number of aromatic amines is 1. The molecule has 1 saturated carbocycles. The number of hydrogen-bond donors (Lipinski definition) is 4. The number of aryl methyl sites for hydroxylation is 2. The van der Waals surface area contributed by atoms with Crippen molar-refractivity contribution in [3.05, 3.63) is 80.8 Å². The van der Waals surface area contributed by atoms with Crippen LogP contribution in [0.5, 0.6) is 5.75 Å². The molecule has 0 bridgehead atoms. The number of rotatable bonds is 12. The standard InChI is InChI=1S/C32H41N5O3/c1-21-15-22(2)35-32(39)29(21)20-34-31(38)27-17-24(18-30(28(27)19-33)36-25-10-5-6-11-25)23-9-7-12-26(16-23)40-14-8-13-37(3)4/h7,9,12,15-19,25,33,36H,5-6,8,10-11,13-14,20H2,1-4H3,(H,34,38)(H,35,39). The van der Waals surface area contributed by atoms with E-state index in [1.54, 1.807) is 0 Å². The van der Waals surface area contributed by atoms with Crippen LogP contribution in [0.2, 0.25) is 0 Å². The van der Waals surface area contributed by atoms with E-state index in [0.717, 1.165) is 59.6 Å². The topological polar surface area (TPSA) is 110 Å². The van der Waals surface area contributed by atoms with Gasteiger partial charge in [0.1, 0.15) is 5.75 Å². The Morgan fingerprint density at radius 1 is 1.12 bits per heavy atom. The predicted molar refractivity (Wildman–Crippen MR) is 162 cm³/mol. The average Bonchev–Trinajstić information content (AvgIpc) is 3.43. The summed E-state index contributed by atoms with van der Waals surface area (Å²) >= 11 is 0. The Morgan fingerprint density at radius 2 is 1.90 bits per heavy atom. The third-order valence-electron chi connectivity index (χ3n) is 7.39. The molecule has 4 rings (SSSR count). The maximum absolute atomic E-state index is 13.6. The summed E-state index contributed by atoms with van der Waals surface area (Å²) in [5, 5.41) is 14.7. The van der Waals surface area contributed by atoms with E-state index in [2.05, 4.69) is 20.5 Å². The van der Waals surface area contributed by atoms with Gasteiger partial charge >= 0.3 is 0 Å². The Labute approximate surface area is 236 Å². The SMILES string of the molecule is Cc1cc(C)c(CNC(=O)c2cc(-c3cccc(OCCCN(C)C)c3)cc(NC3CCCC3)c2C=N)c(=O)[nH]1. The lowest BCUT2D eigenvalue weighted by molar-refractivity contribution is 0.0950. The van der Waals surface area contributed by atoms with E-state index in [1.165, 1.54) is 19.1 Å². The molecule has 0 saturated heterocycles. The summed E-state index contributed by atoms with van der Waals surface area (Å²) in [7, 11) is 4.09. The molecule has 1 heterocycles. The Bertz CT molecular complexity index is 1410. The van der Waals surface area contributed by atoms with E-state index < -0.39 is 0 Å². The van der Waals surface area contributed by atoms with Crippen LogP contribution in [0, 0.1) is 19.3 Å². The number of H-pyrrole nitrogens is 1. The van der Waals surface area contributed by atoms with Gasteiger partial charge in [0, 0.05) is 47.9 Å². The van der Waals surface area contributed by atoms with E-state index in [4.69, 9.17) is 10.1 Å². The van der Waals surface area contributed by atoms with Gasteiger partial charge in [-0.15, -0.1) is 0 Å². The fraction of sp³-hybridized carbons (Fsp3) is 0.406. The summed E-state index contributed by atoms with van der Waals surface area (Å²) in [6, 6.07) is 13.9. The van der Waals surface area contributed by atoms with Crippen LogP contribution < -0.4 is 20.9 Å². The molecule has 8 heteroatoms. The normalized spacial score (nSPS) is 13.4. The van der Waals surface area contributed by atoms with E-state index in [9.17, 15) is 9.59 Å². The van der Waals surface area contributed by atoms with Crippen LogP contribution >= 0.6 is 0 Å². The highest BCUT2D eigenvalue weighted by molar-refractivity contribution is 6.06. The van der Waals surface area contributed by atoms with E-state index in [1.807, 2.05) is 70.4 Å². The fourth-order valence-corrected chi connectivity index (χ4v) is 5.27. The Balaban J connectivity index is 1.65. The Morgan fingerprint density at radius 3 is 2.60 bits per heavy atom. The molecule has 1 amide bonds. The molecule has 1 aliphatic carbocycles. The van der Waals surface area contributed by atoms with E-state index >= 15 is 0 Å². The van der Waals surface area contributed by atoms with Crippen LogP contribution in [0.15, 0.2) is 47.3 Å². The summed E-state index contributed by atoms with van der Waals surface area (Å²) < 4.78 is 6.01. The van der Waals surface area contributed by atoms with Crippen molar-refractivity contribution in [3.63, 3.8) is 0 Å². The first-order valence-electron chi connectivity index (χ1n) is 14.1. The van der Waals surface area contributed by atoms with Crippen LogP contribution in [0.25, 0.3) is 11.1 Å². The number of nitrogens with one attached hydrogen (secondary N) is 4. The number of benzene rings is 2. The van der Waals surface area contributed by atoms with Crippen molar-refractivity contribution < 1.29 is 9.53 Å². The monoisotopic (exact) mass is 543 g/mol. The molecule has 212 valence electrons. The number of amides is 1. The van der Waals surface area contributed by atoms with E-state index in [0.29, 0.717) is 29.3 Å². The minimum atomic E-state index is -0.328. The van der Waals surface area contributed by atoms with Crippen molar-refractivity contribution in [2.75, 3.05) is 32.6 Å². The first kappa shape index (κ1) is 29.1. The lowest BCUT2D eigenvalue weighted by Crippen LogP contribution is -2.29. The molecule has 0 atom stereocenters. The summed E-state index contributed by atoms with van der Waals surface area (Å²) in [5.41, 5.74) is 5.42. The summed E-state index contributed by atoms with van der Waals surface area (Å²) in [6.07, 6.45) is 6.63. The van der Waals surface area contributed by atoms with E-state index in [-0.39, 0.29) is 18.0 Å². The number of carbonyl (C=O) groups excluding carboxylic acids is 1. The average molecular weight is 544 g/mol. The minimum absolute atomic E-state index is 0.101. The first-order chi connectivity index (χ1) is 19.2. The van der Waals surface area contributed by atoms with Gasteiger partial charge in [0.25, 0.3) is 11.5 Å². The fourth-order valence-electron chi connectivity index (χ4n) is 5.27. The third kappa shape index (κ3) is 7.39. The molecule has 8 nitrogen and oxygen atoms in total. The molecule has 0 radical (unpaired) electrons. The molecule has 1 aliphatic rings. The molecule has 0 spiro atoms. The Kier molecular flexibility index (Phi) is 9.77. The molecule has 3 aromatic rings. The van der Waals surface area contributed by atoms with Crippen molar-refractivity contribution in [1.82, 2.24) is 15.2 Å². The molecular weight excluding hydrogens is 502 g/mol. The van der Waals surface area contributed by atoms with Crippen LogP contribution in [-0.4, -0.2) is 55.3 Å². The maximum atomic E-state index is 13.6. The van der Waals surface area contributed by atoms with Crippen molar-refractivity contribution in [1.29, 1.82) is 5.41 Å². The number of nitrogens with zero attached hydrogens (tertiary/aromatic N) is 1. The van der Waals surface area contributed by atoms with Gasteiger partial charge in [-0.05, 0) is 94.2 Å². The number of aromatic nitrogens is 1. The van der Waals surface area contributed by atoms with Crippen molar-refractivity contribution in [2.45, 2.75) is 58.5 Å². The molecule has 1 fully saturated rings. The summed E-state index contributed by atoms with van der Waals surface area (Å²) in [5.74, 6) is 0.447. The third-order valence-corrected chi connectivity index (χ3v) is 7.39. The molecule has 0 aliphatic heterocycles. The predicted octanol–water partition coefficient (Wildman–Crippen LogP) is 5.27. The van der Waals surface area contributed by atoms with Crippen molar-refractivity contribution >= 4 is 17.8 Å². The van der Waals surface area contributed by atoms with Crippen LogP contribution in [0.1, 0.15) is 64.8 Å². The molecule has 40 heavy (non-hydrogen) atoms. The highest BCUT2D eigenvalue weighted by Gasteiger charge is 2.21. The summed E-state index contributed by atoms with van der Waals surface area (Å²) in [4.78, 5) is 31.0. The zero-order valence-electron chi connectivity index (χ0n) is 24.0. The van der Waals surface area contributed by atoms with Crippen LogP contribution in [0.3, 0.4) is 0 Å². The second-order valence-electron chi connectivity index (χ2n) is 10.9. The quantitative estimate of drug-likeness (QED) is 0.184. The molecule has 2 aromatic carbocycles. The van der Waals surface area contributed by atoms with Crippen LogP contribution in [-0.2, 0) is 6.54 Å². The number of ether oxygens (including phenoxy) is 1. The number of pyridine rings is 1. The van der Waals surface area contributed by atoms with Gasteiger partial charge in [-0.25, -0.2) is 0 Å². The molecule has 1 aromatic heterocycles. The van der Waals surface area contributed by atoms with Gasteiger partial charge in [0.2, 0.25) is 0 Å². The van der Waals surface area contributed by atoms with Gasteiger partial charge in [0.15, 0.2) is 0 Å². The largest absolute Gasteiger partial charge is 0.494 e. The maximum Gasteiger partial charge on any atom is 0.253 e. The second kappa shape index (κ2) is 13.4. The van der Waals surface area contributed by atoms with Gasteiger partial charge in [-0.2, -0.15) is 0 Å². The summed E-state index contributed by atoms with van der Waals surface area (Å²) in [6.45, 7) is 5.37. The zero-order chi connectivity index (χ0) is 28.6. The second-order valence-corrected chi connectivity index (χ2v) is 10.9. The van der Waals surface area contributed by atoms with Crippen LogP contribution in [0.4, 0.5) is 5.69 Å². The molecular formula is C32H41N5O3. The van der Waals surface area contributed by atoms with Crippen molar-refractivity contribution in [3.8, 4) is 16.9 Å². The Hall–Kier alpha value is -3.91. The van der Waals surface area contributed by atoms with Crippen molar-refractivity contribution in [2.24, 2.45) is 0 Å². The molecule has 4 N–H and O–H groups in total. The zero-order valence-corrected chi connectivity index (χ0v) is 24.0. The van der Waals surface area contributed by atoms with Gasteiger partial charge in [-0.1, -0.05) is 25.0 Å². The first-order valence-corrected chi connectivity index (χ1v) is 14.1. The number of hydrogen-bond acceptors (Lipinski definition) is 6. The lowest BCUT2D eigenvalue weighted by Gasteiger charge is -2.20. The van der Waals surface area contributed by atoms with Gasteiger partial charge < -0.3 is 30.7 Å². The smallest absolute Gasteiger partial charge is 0.253 e. The minimum Gasteiger partial charge on any atom is -0.494 e. The van der Waals surface area contributed by atoms with Gasteiger partial charge in [-0.3, -0.25) is 9.59 Å². The number of carbonyl (C=O) groups is 1. The molecule has 0 unspecified atom stereocenters.